The smallest absolute Gasteiger partial charge is 0.266 e. The number of halogens is 1. The zero-order valence-electron chi connectivity index (χ0n) is 36.7. The minimum absolute atomic E-state index is 0.0331. The Kier molecular flexibility index (Phi) is 10.9. The Labute approximate surface area is 384 Å². The molecule has 4 heterocycles. The van der Waals surface area contributed by atoms with E-state index in [1.54, 1.807) is 40.0 Å². The van der Waals surface area contributed by atoms with Crippen molar-refractivity contribution in [2.45, 2.75) is 69.2 Å². The van der Waals surface area contributed by atoms with Crippen LogP contribution in [0, 0.1) is 5.92 Å². The van der Waals surface area contributed by atoms with Gasteiger partial charge in [0.15, 0.2) is 11.4 Å². The standard InChI is InChI=1S/C53H50ClN3O7Si/c1-33-50(65(3,4)41-23-21-40(62-2)22-24-41)48(29-49(59)55-31-36-14-6-5-13-35(36)27-39(55)32-58)64-53(33)43-28-37(54)20-25-44(43)56(52(53)61)30-34-12-11-15-38(26-34)57-45-17-8-10-19-47(45)63-46-18-9-7-16-42(46)51(57)60/h5-26,28,33,39,48,50,58H,27,29-32H2,1-4H3/t33-,39+,48+,50-,53+/m1/s1. The van der Waals surface area contributed by atoms with Crippen LogP contribution in [0.5, 0.6) is 17.2 Å². The van der Waals surface area contributed by atoms with Gasteiger partial charge in [0.2, 0.25) is 5.91 Å². The van der Waals surface area contributed by atoms with Crippen LogP contribution in [0.4, 0.5) is 17.1 Å². The molecule has 3 amide bonds. The van der Waals surface area contributed by atoms with E-state index in [9.17, 15) is 14.7 Å². The molecule has 1 N–H and O–H groups in total. The second-order valence-electron chi connectivity index (χ2n) is 18.1. The summed E-state index contributed by atoms with van der Waals surface area (Å²) in [7, 11) is -0.960. The van der Waals surface area contributed by atoms with E-state index in [1.165, 1.54) is 0 Å². The summed E-state index contributed by atoms with van der Waals surface area (Å²) < 4.78 is 19.2. The number of nitrogens with zero attached hydrogens (tertiary/aromatic N) is 3. The molecule has 12 heteroatoms. The van der Waals surface area contributed by atoms with Crippen molar-refractivity contribution in [1.29, 1.82) is 0 Å². The fraction of sp³-hybridized carbons (Fsp3) is 0.264. The summed E-state index contributed by atoms with van der Waals surface area (Å²) >= 11 is 6.82. The molecule has 65 heavy (non-hydrogen) atoms. The molecule has 330 valence electrons. The Balaban J connectivity index is 1.03. The molecule has 4 aliphatic heterocycles. The lowest BCUT2D eigenvalue weighted by Gasteiger charge is -2.39. The van der Waals surface area contributed by atoms with Crippen LogP contribution in [0.1, 0.15) is 46.0 Å². The number of carbonyl (C=O) groups is 3. The van der Waals surface area contributed by atoms with Gasteiger partial charge in [0, 0.05) is 28.7 Å². The minimum atomic E-state index is -2.61. The van der Waals surface area contributed by atoms with E-state index in [1.807, 2.05) is 103 Å². The number of aliphatic hydroxyl groups excluding tert-OH is 1. The molecule has 10 nitrogen and oxygen atoms in total. The van der Waals surface area contributed by atoms with Gasteiger partial charge >= 0.3 is 0 Å². The Morgan fingerprint density at radius 3 is 2.34 bits per heavy atom. The van der Waals surface area contributed by atoms with Crippen molar-refractivity contribution in [2.75, 3.05) is 23.5 Å². The summed E-state index contributed by atoms with van der Waals surface area (Å²) in [5.74, 6) is 0.796. The van der Waals surface area contributed by atoms with Crippen LogP contribution in [0.25, 0.3) is 0 Å². The molecule has 0 radical (unpaired) electrons. The summed E-state index contributed by atoms with van der Waals surface area (Å²) in [5.41, 5.74) is 4.32. The van der Waals surface area contributed by atoms with Gasteiger partial charge < -0.3 is 29.1 Å². The van der Waals surface area contributed by atoms with Crippen molar-refractivity contribution in [2.24, 2.45) is 5.92 Å². The van der Waals surface area contributed by atoms with Gasteiger partial charge in [-0.1, -0.05) is 110 Å². The molecule has 1 spiro atoms. The lowest BCUT2D eigenvalue weighted by molar-refractivity contribution is -0.151. The van der Waals surface area contributed by atoms with Gasteiger partial charge in [0.1, 0.15) is 11.5 Å². The SMILES string of the molecule is COc1ccc([Si](C)(C)[C@H]2[C@H](CC(=O)N3Cc4ccccc4C[C@H]3CO)O[C@@]3(C(=O)N(Cc4cccc(N5C(=O)c6ccccc6Oc6ccccc65)c4)c4ccc(Cl)cc43)[C@@H]2C)cc1. The van der Waals surface area contributed by atoms with E-state index in [2.05, 4.69) is 38.2 Å². The average molecular weight is 905 g/mol. The number of hydrogen-bond acceptors (Lipinski definition) is 7. The van der Waals surface area contributed by atoms with Crippen molar-refractivity contribution in [3.8, 4) is 17.2 Å². The molecule has 1 fully saturated rings. The first-order valence-corrected chi connectivity index (χ1v) is 25.6. The van der Waals surface area contributed by atoms with Crippen molar-refractivity contribution < 1.29 is 33.7 Å². The molecule has 10 rings (SSSR count). The lowest BCUT2D eigenvalue weighted by atomic mass is 9.82. The van der Waals surface area contributed by atoms with E-state index in [4.69, 9.17) is 25.8 Å². The van der Waals surface area contributed by atoms with Gasteiger partial charge in [-0.25, -0.2) is 0 Å². The van der Waals surface area contributed by atoms with Gasteiger partial charge in [0.25, 0.3) is 11.8 Å². The number of para-hydroxylation sites is 3. The van der Waals surface area contributed by atoms with Crippen LogP contribution in [0.2, 0.25) is 23.7 Å². The molecule has 6 aromatic carbocycles. The highest BCUT2D eigenvalue weighted by Gasteiger charge is 2.66. The summed E-state index contributed by atoms with van der Waals surface area (Å²) in [6, 6.07) is 43.7. The largest absolute Gasteiger partial charge is 0.497 e. The lowest BCUT2D eigenvalue weighted by Crippen LogP contribution is -2.52. The van der Waals surface area contributed by atoms with Gasteiger partial charge in [-0.3, -0.25) is 19.3 Å². The summed E-state index contributed by atoms with van der Waals surface area (Å²) in [6.07, 6.45) is -0.0540. The molecule has 6 aromatic rings. The number of rotatable bonds is 9. The second-order valence-corrected chi connectivity index (χ2v) is 23.2. The fourth-order valence-corrected chi connectivity index (χ4v) is 15.2. The molecule has 0 bridgehead atoms. The van der Waals surface area contributed by atoms with E-state index in [-0.39, 0.29) is 54.8 Å². The first-order valence-electron chi connectivity index (χ1n) is 22.1. The molecule has 4 aliphatic rings. The zero-order chi connectivity index (χ0) is 45.2. The highest BCUT2D eigenvalue weighted by atomic mass is 35.5. The van der Waals surface area contributed by atoms with Crippen LogP contribution in [-0.2, 0) is 39.4 Å². The predicted octanol–water partition coefficient (Wildman–Crippen LogP) is 9.53. The molecule has 0 aromatic heterocycles. The van der Waals surface area contributed by atoms with E-state index in [0.29, 0.717) is 57.7 Å². The van der Waals surface area contributed by atoms with E-state index in [0.717, 1.165) is 27.6 Å². The first kappa shape index (κ1) is 42.7. The quantitative estimate of drug-likeness (QED) is 0.144. The molecular weight excluding hydrogens is 854 g/mol. The van der Waals surface area contributed by atoms with Crippen molar-refractivity contribution in [3.05, 3.63) is 172 Å². The molecule has 0 saturated carbocycles. The average Bonchev–Trinajstić information content (AvgIpc) is 3.68. The van der Waals surface area contributed by atoms with Crippen LogP contribution >= 0.6 is 11.6 Å². The van der Waals surface area contributed by atoms with Crippen LogP contribution in [-0.4, -0.2) is 61.7 Å². The van der Waals surface area contributed by atoms with Crippen LogP contribution in [0.3, 0.4) is 0 Å². The molecule has 0 unspecified atom stereocenters. The molecule has 1 saturated heterocycles. The Hall–Kier alpha value is -6.24. The zero-order valence-corrected chi connectivity index (χ0v) is 38.5. The Bertz CT molecular complexity index is 2850. The maximum Gasteiger partial charge on any atom is 0.266 e. The molecule has 0 aliphatic carbocycles. The normalized spacial score (nSPS) is 22.2. The highest BCUT2D eigenvalue weighted by molar-refractivity contribution is 6.91. The number of aliphatic hydroxyl groups is 1. The summed E-state index contributed by atoms with van der Waals surface area (Å²) in [5, 5.41) is 12.2. The van der Waals surface area contributed by atoms with Crippen molar-refractivity contribution >= 4 is 59.6 Å². The molecule has 5 atom stereocenters. The number of amides is 3. The third-order valence-corrected chi connectivity index (χ3v) is 18.8. The Morgan fingerprint density at radius 1 is 0.846 bits per heavy atom. The van der Waals surface area contributed by atoms with Crippen LogP contribution < -0.4 is 24.5 Å². The third-order valence-electron chi connectivity index (χ3n) is 14.2. The number of hydrogen-bond donors (Lipinski definition) is 1. The Morgan fingerprint density at radius 2 is 1.57 bits per heavy atom. The number of anilines is 3. The van der Waals surface area contributed by atoms with Crippen LogP contribution in [0.15, 0.2) is 140 Å². The first-order chi connectivity index (χ1) is 31.4. The maximum atomic E-state index is 15.7. The third kappa shape index (κ3) is 7.12. The highest BCUT2D eigenvalue weighted by Crippen LogP contribution is 2.60. The monoisotopic (exact) mass is 903 g/mol. The number of ether oxygens (including phenoxy) is 3. The maximum absolute atomic E-state index is 15.7. The second kappa shape index (κ2) is 16.6. The number of benzene rings is 6. The van der Waals surface area contributed by atoms with E-state index < -0.39 is 19.8 Å². The predicted molar refractivity (Wildman–Crippen MR) is 254 cm³/mol. The van der Waals surface area contributed by atoms with Gasteiger partial charge in [-0.2, -0.15) is 0 Å². The number of carbonyl (C=O) groups excluding carboxylic acids is 3. The summed E-state index contributed by atoms with van der Waals surface area (Å²) in [4.78, 5) is 50.0. The van der Waals surface area contributed by atoms with Gasteiger partial charge in [0.05, 0.1) is 63.8 Å². The fourth-order valence-electron chi connectivity index (χ4n) is 11.0. The van der Waals surface area contributed by atoms with E-state index >= 15 is 4.79 Å². The number of fused-ring (bicyclic) bond motifs is 5. The van der Waals surface area contributed by atoms with Crippen molar-refractivity contribution in [1.82, 2.24) is 4.90 Å². The van der Waals surface area contributed by atoms with Crippen molar-refractivity contribution in [3.63, 3.8) is 0 Å². The van der Waals surface area contributed by atoms with Gasteiger partial charge in [-0.15, -0.1) is 0 Å². The topological polar surface area (TPSA) is 109 Å². The summed E-state index contributed by atoms with van der Waals surface area (Å²) in [6.45, 7) is 7.07. The molecular formula is C53H50ClN3O7Si. The number of methoxy groups -OCH3 is 1. The minimum Gasteiger partial charge on any atom is -0.497 e. The van der Waals surface area contributed by atoms with Gasteiger partial charge in [-0.05, 0) is 95.4 Å².